The number of halogens is 1. The van der Waals surface area contributed by atoms with Gasteiger partial charge in [-0.05, 0) is 61.7 Å². The zero-order valence-corrected chi connectivity index (χ0v) is 16.9. The third-order valence-electron chi connectivity index (χ3n) is 5.99. The second kappa shape index (κ2) is 7.35. The molecule has 2 aromatic heterocycles. The van der Waals surface area contributed by atoms with Crippen molar-refractivity contribution in [1.29, 1.82) is 0 Å². The fraction of sp³-hybridized carbons (Fsp3) is 0.381. The van der Waals surface area contributed by atoms with Crippen LogP contribution in [0.25, 0.3) is 21.0 Å². The first-order valence-corrected chi connectivity index (χ1v) is 10.6. The molecule has 3 aliphatic rings. The van der Waals surface area contributed by atoms with Crippen molar-refractivity contribution in [3.05, 3.63) is 47.9 Å². The summed E-state index contributed by atoms with van der Waals surface area (Å²) in [6.07, 6.45) is 4.50. The standard InChI is InChI=1S/C21H21FN4O2S/c1-28-21(27)15-3-2-14(10-16(15)22)19-4-5-20(29-19)17-11-26(24-23-17)18-12-25-8-6-13(18)7-9-25/h2-5,10-11,13,18H,6-9,12H2,1H3. The van der Waals surface area contributed by atoms with Crippen LogP contribution >= 0.6 is 11.3 Å². The summed E-state index contributed by atoms with van der Waals surface area (Å²) >= 11 is 1.53. The van der Waals surface area contributed by atoms with E-state index in [9.17, 15) is 9.18 Å². The molecule has 0 saturated carbocycles. The molecule has 6 rings (SSSR count). The van der Waals surface area contributed by atoms with Gasteiger partial charge in [-0.15, -0.1) is 16.4 Å². The van der Waals surface area contributed by atoms with E-state index in [0.29, 0.717) is 12.0 Å². The summed E-state index contributed by atoms with van der Waals surface area (Å²) in [7, 11) is 1.24. The van der Waals surface area contributed by atoms with E-state index in [1.54, 1.807) is 6.07 Å². The number of fused-ring (bicyclic) bond motifs is 3. The number of aromatic nitrogens is 3. The number of hydrogen-bond acceptors (Lipinski definition) is 6. The highest BCUT2D eigenvalue weighted by atomic mass is 32.1. The minimum Gasteiger partial charge on any atom is -0.465 e. The lowest BCUT2D eigenvalue weighted by Gasteiger charge is -2.44. The second-order valence-electron chi connectivity index (χ2n) is 7.64. The van der Waals surface area contributed by atoms with Gasteiger partial charge in [0.25, 0.3) is 0 Å². The van der Waals surface area contributed by atoms with E-state index in [1.807, 2.05) is 23.0 Å². The molecule has 0 spiro atoms. The molecular weight excluding hydrogens is 391 g/mol. The lowest BCUT2D eigenvalue weighted by molar-refractivity contribution is 0.0504. The molecule has 5 heterocycles. The van der Waals surface area contributed by atoms with Gasteiger partial charge in [-0.25, -0.2) is 13.9 Å². The summed E-state index contributed by atoms with van der Waals surface area (Å²) in [4.78, 5) is 16.0. The lowest BCUT2D eigenvalue weighted by atomic mass is 9.84. The predicted molar refractivity (Wildman–Crippen MR) is 108 cm³/mol. The van der Waals surface area contributed by atoms with Gasteiger partial charge in [-0.3, -0.25) is 0 Å². The molecule has 0 radical (unpaired) electrons. The third kappa shape index (κ3) is 3.36. The van der Waals surface area contributed by atoms with Crippen LogP contribution in [0.15, 0.2) is 36.5 Å². The highest BCUT2D eigenvalue weighted by Crippen LogP contribution is 2.37. The van der Waals surface area contributed by atoms with Crippen molar-refractivity contribution in [3.8, 4) is 21.0 Å². The summed E-state index contributed by atoms with van der Waals surface area (Å²) in [6.45, 7) is 3.44. The number of rotatable bonds is 4. The molecule has 3 fully saturated rings. The van der Waals surface area contributed by atoms with Gasteiger partial charge in [0.15, 0.2) is 0 Å². The van der Waals surface area contributed by atoms with Gasteiger partial charge >= 0.3 is 5.97 Å². The van der Waals surface area contributed by atoms with Gasteiger partial charge in [-0.2, -0.15) is 0 Å². The van der Waals surface area contributed by atoms with Crippen molar-refractivity contribution in [2.45, 2.75) is 18.9 Å². The van der Waals surface area contributed by atoms with Gasteiger partial charge in [0.2, 0.25) is 0 Å². The summed E-state index contributed by atoms with van der Waals surface area (Å²) in [5.41, 5.74) is 1.49. The molecule has 2 bridgehead atoms. The van der Waals surface area contributed by atoms with Crippen LogP contribution in [0.5, 0.6) is 0 Å². The number of nitrogens with zero attached hydrogens (tertiary/aromatic N) is 4. The Morgan fingerprint density at radius 1 is 1.21 bits per heavy atom. The molecular formula is C21H21FN4O2S. The number of esters is 1. The summed E-state index contributed by atoms with van der Waals surface area (Å²) in [6, 6.07) is 8.88. The smallest absolute Gasteiger partial charge is 0.340 e. The van der Waals surface area contributed by atoms with Crippen LogP contribution in [-0.4, -0.2) is 52.6 Å². The summed E-state index contributed by atoms with van der Waals surface area (Å²) < 4.78 is 20.9. The van der Waals surface area contributed by atoms with E-state index in [4.69, 9.17) is 0 Å². The summed E-state index contributed by atoms with van der Waals surface area (Å²) in [5.74, 6) is -0.576. The number of ether oxygens (including phenoxy) is 1. The second-order valence-corrected chi connectivity index (χ2v) is 8.72. The monoisotopic (exact) mass is 412 g/mol. The van der Waals surface area contributed by atoms with Crippen molar-refractivity contribution in [3.63, 3.8) is 0 Å². The Labute approximate surface area is 171 Å². The number of carbonyl (C=O) groups excluding carboxylic acids is 1. The van der Waals surface area contributed by atoms with Crippen LogP contribution < -0.4 is 0 Å². The Bertz CT molecular complexity index is 1050. The van der Waals surface area contributed by atoms with E-state index in [-0.39, 0.29) is 5.56 Å². The van der Waals surface area contributed by atoms with Crippen LogP contribution in [0.2, 0.25) is 0 Å². The van der Waals surface area contributed by atoms with Gasteiger partial charge in [0, 0.05) is 11.4 Å². The van der Waals surface area contributed by atoms with Crippen LogP contribution in [0, 0.1) is 11.7 Å². The minimum atomic E-state index is -0.676. The maximum absolute atomic E-state index is 14.3. The van der Waals surface area contributed by atoms with Crippen molar-refractivity contribution >= 4 is 17.3 Å². The molecule has 1 aromatic carbocycles. The quantitative estimate of drug-likeness (QED) is 0.609. The zero-order valence-electron chi connectivity index (χ0n) is 16.0. The normalized spacial score (nSPS) is 23.3. The Balaban J connectivity index is 1.38. The van der Waals surface area contributed by atoms with Crippen LogP contribution in [0.1, 0.15) is 29.2 Å². The third-order valence-corrected chi connectivity index (χ3v) is 7.15. The molecule has 3 aromatic rings. The topological polar surface area (TPSA) is 60.2 Å². The van der Waals surface area contributed by atoms with Crippen LogP contribution in [0.4, 0.5) is 4.39 Å². The first-order valence-electron chi connectivity index (χ1n) is 9.75. The SMILES string of the molecule is COC(=O)c1ccc(-c2ccc(-c3cn(C4CN5CCC4CC5)nn3)s2)cc1F. The maximum atomic E-state index is 14.3. The molecule has 0 amide bonds. The fourth-order valence-electron chi connectivity index (χ4n) is 4.36. The highest BCUT2D eigenvalue weighted by molar-refractivity contribution is 7.18. The number of benzene rings is 1. The van der Waals surface area contributed by atoms with Gasteiger partial charge < -0.3 is 9.64 Å². The van der Waals surface area contributed by atoms with Crippen molar-refractivity contribution < 1.29 is 13.9 Å². The predicted octanol–water partition coefficient (Wildman–Crippen LogP) is 3.87. The van der Waals surface area contributed by atoms with Crippen molar-refractivity contribution in [2.75, 3.05) is 26.7 Å². The van der Waals surface area contributed by atoms with E-state index < -0.39 is 11.8 Å². The molecule has 1 unspecified atom stereocenters. The molecule has 0 aliphatic carbocycles. The van der Waals surface area contributed by atoms with Crippen LogP contribution in [0.3, 0.4) is 0 Å². The highest BCUT2D eigenvalue weighted by Gasteiger charge is 2.35. The van der Waals surface area contributed by atoms with Crippen LogP contribution in [-0.2, 0) is 4.74 Å². The lowest BCUT2D eigenvalue weighted by Crippen LogP contribution is -2.48. The number of methoxy groups -OCH3 is 1. The number of carbonyl (C=O) groups is 1. The van der Waals surface area contributed by atoms with Crippen molar-refractivity contribution in [2.24, 2.45) is 5.92 Å². The molecule has 8 heteroatoms. The number of thiophene rings is 1. The average Bonchev–Trinajstić information content (AvgIpc) is 3.44. The minimum absolute atomic E-state index is 0.0616. The summed E-state index contributed by atoms with van der Waals surface area (Å²) in [5, 5.41) is 8.79. The molecule has 3 aliphatic heterocycles. The van der Waals surface area contributed by atoms with E-state index in [1.165, 1.54) is 56.5 Å². The first-order chi connectivity index (χ1) is 14.1. The average molecular weight is 412 g/mol. The molecule has 150 valence electrons. The van der Waals surface area contributed by atoms with E-state index in [2.05, 4.69) is 19.9 Å². The Morgan fingerprint density at radius 3 is 2.69 bits per heavy atom. The fourth-order valence-corrected chi connectivity index (χ4v) is 5.31. The molecule has 29 heavy (non-hydrogen) atoms. The molecule has 0 N–H and O–H groups in total. The van der Waals surface area contributed by atoms with E-state index >= 15 is 0 Å². The maximum Gasteiger partial charge on any atom is 0.340 e. The van der Waals surface area contributed by atoms with Gasteiger partial charge in [0.1, 0.15) is 11.5 Å². The molecule has 1 atom stereocenters. The molecule has 3 saturated heterocycles. The Morgan fingerprint density at radius 2 is 2.00 bits per heavy atom. The van der Waals surface area contributed by atoms with E-state index in [0.717, 1.165) is 27.6 Å². The Hall–Kier alpha value is -2.58. The van der Waals surface area contributed by atoms with Gasteiger partial charge in [-0.1, -0.05) is 11.3 Å². The number of piperidine rings is 3. The Kier molecular flexibility index (Phi) is 4.67. The van der Waals surface area contributed by atoms with Crippen molar-refractivity contribution in [1.82, 2.24) is 19.9 Å². The first kappa shape index (κ1) is 18.4. The molecule has 6 nitrogen and oxygen atoms in total. The zero-order chi connectivity index (χ0) is 20.0. The largest absolute Gasteiger partial charge is 0.465 e. The van der Waals surface area contributed by atoms with Gasteiger partial charge in [0.05, 0.1) is 29.8 Å². The number of hydrogen-bond donors (Lipinski definition) is 0.